The summed E-state index contributed by atoms with van der Waals surface area (Å²) < 4.78 is 27.7. The summed E-state index contributed by atoms with van der Waals surface area (Å²) in [7, 11) is 1.68. The maximum Gasteiger partial charge on any atom is 0.270 e. The Labute approximate surface area is 175 Å². The van der Waals surface area contributed by atoms with Crippen LogP contribution in [0.5, 0.6) is 0 Å². The Balaban J connectivity index is 1.60. The highest BCUT2D eigenvalue weighted by atomic mass is 19.1. The first-order valence-electron chi connectivity index (χ1n) is 9.95. The number of rotatable bonds is 2. The minimum atomic E-state index is -0.492. The van der Waals surface area contributed by atoms with Crippen molar-refractivity contribution in [2.75, 3.05) is 13.6 Å². The third-order valence-electron chi connectivity index (χ3n) is 6.10. The number of aryl methyl sites for hydroxylation is 1. The monoisotopic (exact) mass is 422 g/mol. The lowest BCUT2D eigenvalue weighted by Crippen LogP contribution is -2.42. The number of aromatic amines is 2. The van der Waals surface area contributed by atoms with Gasteiger partial charge in [-0.15, -0.1) is 0 Å². The molecule has 0 radical (unpaired) electrons. The fourth-order valence-electron chi connectivity index (χ4n) is 4.43. The third-order valence-corrected chi connectivity index (χ3v) is 6.10. The van der Waals surface area contributed by atoms with Gasteiger partial charge in [-0.05, 0) is 48.2 Å². The van der Waals surface area contributed by atoms with Crippen LogP contribution >= 0.6 is 0 Å². The van der Waals surface area contributed by atoms with Crippen molar-refractivity contribution in [3.8, 4) is 0 Å². The molecule has 3 N–H and O–H groups in total. The van der Waals surface area contributed by atoms with Crippen LogP contribution in [-0.2, 0) is 6.54 Å². The summed E-state index contributed by atoms with van der Waals surface area (Å²) >= 11 is 0. The zero-order valence-electron chi connectivity index (χ0n) is 17.0. The van der Waals surface area contributed by atoms with Gasteiger partial charge in [0, 0.05) is 42.3 Å². The van der Waals surface area contributed by atoms with Crippen molar-refractivity contribution in [2.24, 2.45) is 0 Å². The molecule has 5 rings (SSSR count). The molecule has 4 aromatic rings. The fourth-order valence-corrected chi connectivity index (χ4v) is 4.43. The van der Waals surface area contributed by atoms with E-state index in [1.54, 1.807) is 37.1 Å². The van der Waals surface area contributed by atoms with Crippen LogP contribution in [0.2, 0.25) is 0 Å². The molecule has 6 nitrogen and oxygen atoms in total. The normalized spacial score (nSPS) is 15.9. The number of hydrogen-bond donors (Lipinski definition) is 3. The van der Waals surface area contributed by atoms with E-state index in [1.807, 2.05) is 0 Å². The standard InChI is InChI=1S/C23H20F2N4O2/c1-11-14-8-18(27-17(14)6-5-16(11)25)23(31)29(2)20-10-26-9-19-21(20)13-4-3-12(24)7-15(13)22(30)28-19/h3-8,20,26-27H,9-10H2,1-2H3,(H,28,30). The number of halogens is 2. The van der Waals surface area contributed by atoms with Crippen molar-refractivity contribution in [3.05, 3.63) is 80.9 Å². The van der Waals surface area contributed by atoms with Crippen molar-refractivity contribution in [1.29, 1.82) is 0 Å². The van der Waals surface area contributed by atoms with Gasteiger partial charge in [0.15, 0.2) is 0 Å². The largest absolute Gasteiger partial charge is 0.351 e. The first-order valence-corrected chi connectivity index (χ1v) is 9.95. The molecular weight excluding hydrogens is 402 g/mol. The topological polar surface area (TPSA) is 81.0 Å². The molecule has 0 bridgehead atoms. The summed E-state index contributed by atoms with van der Waals surface area (Å²) in [4.78, 5) is 33.2. The van der Waals surface area contributed by atoms with Gasteiger partial charge in [0.2, 0.25) is 0 Å². The molecule has 0 saturated carbocycles. The van der Waals surface area contributed by atoms with Crippen molar-refractivity contribution in [1.82, 2.24) is 20.2 Å². The molecule has 1 aliphatic rings. The number of carbonyl (C=O) groups is 1. The number of H-pyrrole nitrogens is 2. The molecule has 31 heavy (non-hydrogen) atoms. The van der Waals surface area contributed by atoms with Crippen LogP contribution in [0.1, 0.15) is 33.4 Å². The number of benzene rings is 2. The van der Waals surface area contributed by atoms with Gasteiger partial charge in [0.25, 0.3) is 11.5 Å². The van der Waals surface area contributed by atoms with E-state index in [-0.39, 0.29) is 28.7 Å². The van der Waals surface area contributed by atoms with E-state index in [2.05, 4.69) is 15.3 Å². The second-order valence-corrected chi connectivity index (χ2v) is 7.92. The molecular formula is C23H20F2N4O2. The average Bonchev–Trinajstić information content (AvgIpc) is 3.20. The number of nitrogens with zero attached hydrogens (tertiary/aromatic N) is 1. The lowest BCUT2D eigenvalue weighted by Gasteiger charge is -2.34. The summed E-state index contributed by atoms with van der Waals surface area (Å²) in [6.07, 6.45) is 0. The van der Waals surface area contributed by atoms with Crippen LogP contribution in [-0.4, -0.2) is 34.4 Å². The van der Waals surface area contributed by atoms with Crippen molar-refractivity contribution < 1.29 is 13.6 Å². The van der Waals surface area contributed by atoms with Crippen molar-refractivity contribution in [3.63, 3.8) is 0 Å². The highest BCUT2D eigenvalue weighted by Crippen LogP contribution is 2.32. The van der Waals surface area contributed by atoms with Gasteiger partial charge in [-0.2, -0.15) is 0 Å². The highest BCUT2D eigenvalue weighted by Gasteiger charge is 2.31. The SMILES string of the molecule is Cc1c(F)ccc2[nH]c(C(=O)N(C)C3CNCc4[nH]c(=O)c5cc(F)ccc5c43)cc12. The van der Waals surface area contributed by atoms with Gasteiger partial charge in [-0.3, -0.25) is 9.59 Å². The molecule has 1 unspecified atom stereocenters. The molecule has 3 heterocycles. The van der Waals surface area contributed by atoms with E-state index in [1.165, 1.54) is 18.2 Å². The number of carbonyl (C=O) groups excluding carboxylic acids is 1. The summed E-state index contributed by atoms with van der Waals surface area (Å²) in [5, 5.41) is 4.76. The Morgan fingerprint density at radius 2 is 1.87 bits per heavy atom. The van der Waals surface area contributed by atoms with E-state index in [4.69, 9.17) is 0 Å². The van der Waals surface area contributed by atoms with Gasteiger partial charge in [-0.25, -0.2) is 8.78 Å². The number of hydrogen-bond acceptors (Lipinski definition) is 3. The second-order valence-electron chi connectivity index (χ2n) is 7.92. The molecule has 1 atom stereocenters. The molecule has 158 valence electrons. The molecule has 0 spiro atoms. The lowest BCUT2D eigenvalue weighted by atomic mass is 9.94. The lowest BCUT2D eigenvalue weighted by molar-refractivity contribution is 0.0718. The van der Waals surface area contributed by atoms with Crippen LogP contribution in [0.25, 0.3) is 21.7 Å². The predicted octanol–water partition coefficient (Wildman–Crippen LogP) is 3.51. The average molecular weight is 422 g/mol. The van der Waals surface area contributed by atoms with E-state index >= 15 is 0 Å². The van der Waals surface area contributed by atoms with E-state index in [9.17, 15) is 18.4 Å². The minimum absolute atomic E-state index is 0.253. The number of pyridine rings is 1. The van der Waals surface area contributed by atoms with Crippen LogP contribution in [0.3, 0.4) is 0 Å². The molecule has 0 aliphatic carbocycles. The quantitative estimate of drug-likeness (QED) is 0.463. The Morgan fingerprint density at radius 3 is 2.68 bits per heavy atom. The first-order chi connectivity index (χ1) is 14.8. The molecule has 2 aromatic carbocycles. The second kappa shape index (κ2) is 7.02. The van der Waals surface area contributed by atoms with E-state index in [0.717, 1.165) is 5.56 Å². The van der Waals surface area contributed by atoms with Gasteiger partial charge >= 0.3 is 0 Å². The van der Waals surface area contributed by atoms with Crippen LogP contribution in [0.4, 0.5) is 8.78 Å². The smallest absolute Gasteiger partial charge is 0.270 e. The van der Waals surface area contributed by atoms with Gasteiger partial charge in [0.05, 0.1) is 11.4 Å². The Morgan fingerprint density at radius 1 is 1.06 bits per heavy atom. The number of aromatic nitrogens is 2. The molecule has 0 saturated heterocycles. The van der Waals surface area contributed by atoms with Gasteiger partial charge in [0.1, 0.15) is 17.3 Å². The predicted molar refractivity (Wildman–Crippen MR) is 114 cm³/mol. The number of likely N-dealkylation sites (N-methyl/N-ethyl adjacent to an activating group) is 1. The fraction of sp³-hybridized carbons (Fsp3) is 0.217. The Hall–Kier alpha value is -3.52. The minimum Gasteiger partial charge on any atom is -0.351 e. The maximum atomic E-state index is 13.9. The van der Waals surface area contributed by atoms with Gasteiger partial charge in [-0.1, -0.05) is 6.07 Å². The van der Waals surface area contributed by atoms with Crippen molar-refractivity contribution >= 4 is 27.6 Å². The molecule has 8 heteroatoms. The van der Waals surface area contributed by atoms with Crippen LogP contribution in [0.15, 0.2) is 41.2 Å². The van der Waals surface area contributed by atoms with E-state index in [0.29, 0.717) is 46.3 Å². The number of fused-ring (bicyclic) bond motifs is 4. The maximum absolute atomic E-state index is 13.9. The first kappa shape index (κ1) is 19.4. The van der Waals surface area contributed by atoms with Crippen LogP contribution < -0.4 is 10.9 Å². The van der Waals surface area contributed by atoms with Gasteiger partial charge < -0.3 is 20.2 Å². The summed E-state index contributed by atoms with van der Waals surface area (Å²) in [6, 6.07) is 8.37. The van der Waals surface area contributed by atoms with E-state index < -0.39 is 5.82 Å². The molecule has 1 amide bonds. The number of amides is 1. The molecule has 1 aliphatic heterocycles. The third kappa shape index (κ3) is 3.02. The molecule has 2 aromatic heterocycles. The van der Waals surface area contributed by atoms with Crippen LogP contribution in [0, 0.1) is 18.6 Å². The number of nitrogens with one attached hydrogen (secondary N) is 3. The zero-order chi connectivity index (χ0) is 21.9. The molecule has 0 fully saturated rings. The highest BCUT2D eigenvalue weighted by molar-refractivity contribution is 5.99. The summed E-state index contributed by atoms with van der Waals surface area (Å²) in [5.74, 6) is -1.09. The Kier molecular flexibility index (Phi) is 4.40. The Bertz CT molecular complexity index is 1420. The summed E-state index contributed by atoms with van der Waals surface area (Å²) in [5.41, 5.74) is 2.61. The van der Waals surface area contributed by atoms with Crippen molar-refractivity contribution in [2.45, 2.75) is 19.5 Å². The summed E-state index contributed by atoms with van der Waals surface area (Å²) in [6.45, 7) is 2.59. The zero-order valence-corrected chi connectivity index (χ0v) is 17.0.